The molecule has 0 bridgehead atoms. The van der Waals surface area contributed by atoms with Gasteiger partial charge in [-0.05, 0) is 12.1 Å². The van der Waals surface area contributed by atoms with E-state index in [1.165, 1.54) is 13.4 Å². The monoisotopic (exact) mass is 293 g/mol. The molecule has 112 valence electrons. The lowest BCUT2D eigenvalue weighted by atomic mass is 10.3. The standard InChI is InChI=1S/C14H15NO6/c1-18-11-5-3-2-4-10(11)15-13(16)9-21-14(17)12-8-19-6-7-20-12/h2-5,8H,6-7,9H2,1H3,(H,15,16). The zero-order valence-electron chi connectivity index (χ0n) is 11.5. The molecule has 1 aliphatic rings. The van der Waals surface area contributed by atoms with Crippen LogP contribution in [-0.4, -0.2) is 38.8 Å². The van der Waals surface area contributed by atoms with Crippen LogP contribution in [0.3, 0.4) is 0 Å². The number of anilines is 1. The third-order valence-electron chi connectivity index (χ3n) is 2.57. The van der Waals surface area contributed by atoms with Crippen molar-refractivity contribution in [2.45, 2.75) is 0 Å². The van der Waals surface area contributed by atoms with Crippen molar-refractivity contribution in [3.63, 3.8) is 0 Å². The van der Waals surface area contributed by atoms with Crippen molar-refractivity contribution in [2.24, 2.45) is 0 Å². The van der Waals surface area contributed by atoms with Gasteiger partial charge >= 0.3 is 5.97 Å². The van der Waals surface area contributed by atoms with Crippen LogP contribution in [0, 0.1) is 0 Å². The van der Waals surface area contributed by atoms with Gasteiger partial charge in [-0.1, -0.05) is 12.1 Å². The Labute approximate surface area is 121 Å². The first-order valence-electron chi connectivity index (χ1n) is 6.25. The highest BCUT2D eigenvalue weighted by Crippen LogP contribution is 2.22. The van der Waals surface area contributed by atoms with Gasteiger partial charge in [-0.25, -0.2) is 4.79 Å². The molecule has 1 N–H and O–H groups in total. The van der Waals surface area contributed by atoms with Gasteiger partial charge in [-0.15, -0.1) is 0 Å². The van der Waals surface area contributed by atoms with Crippen molar-refractivity contribution in [1.29, 1.82) is 0 Å². The van der Waals surface area contributed by atoms with Gasteiger partial charge in [0.2, 0.25) is 5.76 Å². The lowest BCUT2D eigenvalue weighted by Gasteiger charge is -2.14. The van der Waals surface area contributed by atoms with E-state index >= 15 is 0 Å². The minimum Gasteiger partial charge on any atom is -0.495 e. The SMILES string of the molecule is COc1ccccc1NC(=O)COC(=O)C1=COCCO1. The summed E-state index contributed by atoms with van der Waals surface area (Å²) in [7, 11) is 1.50. The van der Waals surface area contributed by atoms with E-state index in [1.807, 2.05) is 0 Å². The molecule has 0 saturated heterocycles. The minimum atomic E-state index is -0.745. The van der Waals surface area contributed by atoms with E-state index in [9.17, 15) is 9.59 Å². The highest BCUT2D eigenvalue weighted by Gasteiger charge is 2.18. The summed E-state index contributed by atoms with van der Waals surface area (Å²) in [4.78, 5) is 23.3. The van der Waals surface area contributed by atoms with Crippen molar-refractivity contribution in [3.8, 4) is 5.75 Å². The van der Waals surface area contributed by atoms with Gasteiger partial charge in [0, 0.05) is 0 Å². The summed E-state index contributed by atoms with van der Waals surface area (Å²) in [6, 6.07) is 6.92. The zero-order valence-corrected chi connectivity index (χ0v) is 11.5. The Balaban J connectivity index is 1.84. The zero-order chi connectivity index (χ0) is 15.1. The summed E-state index contributed by atoms with van der Waals surface area (Å²) in [6.45, 7) is 0.219. The molecule has 1 heterocycles. The maximum absolute atomic E-state index is 11.7. The lowest BCUT2D eigenvalue weighted by molar-refractivity contribution is -0.148. The van der Waals surface area contributed by atoms with Crippen LogP contribution in [0.1, 0.15) is 0 Å². The maximum Gasteiger partial charge on any atom is 0.377 e. The third kappa shape index (κ3) is 4.13. The van der Waals surface area contributed by atoms with Gasteiger partial charge < -0.3 is 24.3 Å². The van der Waals surface area contributed by atoms with E-state index in [4.69, 9.17) is 18.9 Å². The lowest BCUT2D eigenvalue weighted by Crippen LogP contribution is -2.24. The molecule has 7 heteroatoms. The number of methoxy groups -OCH3 is 1. The van der Waals surface area contributed by atoms with E-state index in [-0.39, 0.29) is 12.4 Å². The predicted octanol–water partition coefficient (Wildman–Crippen LogP) is 1.07. The van der Waals surface area contributed by atoms with E-state index in [0.717, 1.165) is 0 Å². The first kappa shape index (κ1) is 14.7. The quantitative estimate of drug-likeness (QED) is 0.817. The van der Waals surface area contributed by atoms with Crippen LogP contribution in [-0.2, 0) is 23.8 Å². The molecular weight excluding hydrogens is 278 g/mol. The smallest absolute Gasteiger partial charge is 0.377 e. The Morgan fingerprint density at radius 3 is 2.81 bits per heavy atom. The molecular formula is C14H15NO6. The largest absolute Gasteiger partial charge is 0.495 e. The van der Waals surface area contributed by atoms with E-state index in [0.29, 0.717) is 18.0 Å². The Hall–Kier alpha value is -2.70. The molecule has 0 radical (unpaired) electrons. The number of esters is 1. The molecule has 1 aromatic rings. The molecule has 0 saturated carbocycles. The van der Waals surface area contributed by atoms with Gasteiger partial charge in [0.25, 0.3) is 5.91 Å². The van der Waals surface area contributed by atoms with Crippen LogP contribution >= 0.6 is 0 Å². The second kappa shape index (κ2) is 7.18. The number of benzene rings is 1. The number of para-hydroxylation sites is 2. The molecule has 0 atom stereocenters. The number of nitrogens with one attached hydrogen (secondary N) is 1. The van der Waals surface area contributed by atoms with E-state index in [1.54, 1.807) is 24.3 Å². The number of carbonyl (C=O) groups excluding carboxylic acids is 2. The van der Waals surface area contributed by atoms with Crippen LogP contribution in [0.15, 0.2) is 36.3 Å². The molecule has 1 amide bonds. The molecule has 21 heavy (non-hydrogen) atoms. The van der Waals surface area contributed by atoms with Crippen molar-refractivity contribution in [2.75, 3.05) is 32.2 Å². The number of hydrogen-bond donors (Lipinski definition) is 1. The summed E-state index contributed by atoms with van der Waals surface area (Å²) in [5, 5.41) is 2.59. The Bertz CT molecular complexity index is 554. The summed E-state index contributed by atoms with van der Waals surface area (Å²) in [5.41, 5.74) is 0.498. The van der Waals surface area contributed by atoms with E-state index in [2.05, 4.69) is 5.32 Å². The van der Waals surface area contributed by atoms with Crippen LogP contribution in [0.5, 0.6) is 5.75 Å². The van der Waals surface area contributed by atoms with Crippen LogP contribution in [0.4, 0.5) is 5.69 Å². The van der Waals surface area contributed by atoms with Crippen molar-refractivity contribution >= 4 is 17.6 Å². The van der Waals surface area contributed by atoms with E-state index < -0.39 is 18.5 Å². The second-order valence-electron chi connectivity index (χ2n) is 4.03. The number of ether oxygens (including phenoxy) is 4. The summed E-state index contributed by atoms with van der Waals surface area (Å²) in [6.07, 6.45) is 1.17. The fraction of sp³-hybridized carbons (Fsp3) is 0.286. The first-order valence-corrected chi connectivity index (χ1v) is 6.25. The molecule has 0 aliphatic carbocycles. The fourth-order valence-corrected chi connectivity index (χ4v) is 1.61. The van der Waals surface area contributed by atoms with Gasteiger partial charge in [-0.2, -0.15) is 0 Å². The van der Waals surface area contributed by atoms with Gasteiger partial charge in [0.05, 0.1) is 12.8 Å². The first-order chi connectivity index (χ1) is 10.2. The van der Waals surface area contributed by atoms with Gasteiger partial charge in [0.15, 0.2) is 6.61 Å². The van der Waals surface area contributed by atoms with Gasteiger partial charge in [0.1, 0.15) is 25.2 Å². The number of hydrogen-bond acceptors (Lipinski definition) is 6. The van der Waals surface area contributed by atoms with Crippen LogP contribution in [0.2, 0.25) is 0 Å². The van der Waals surface area contributed by atoms with Crippen molar-refractivity contribution in [3.05, 3.63) is 36.3 Å². The summed E-state index contributed by atoms with van der Waals surface area (Å²) >= 11 is 0. The Morgan fingerprint density at radius 1 is 1.29 bits per heavy atom. The minimum absolute atomic E-state index is 0.0497. The number of rotatable bonds is 5. The van der Waals surface area contributed by atoms with Gasteiger partial charge in [-0.3, -0.25) is 4.79 Å². The highest BCUT2D eigenvalue weighted by atomic mass is 16.6. The Morgan fingerprint density at radius 2 is 2.10 bits per heavy atom. The second-order valence-corrected chi connectivity index (χ2v) is 4.03. The highest BCUT2D eigenvalue weighted by molar-refractivity contribution is 5.95. The number of carbonyl (C=O) groups is 2. The van der Waals surface area contributed by atoms with Crippen LogP contribution < -0.4 is 10.1 Å². The van der Waals surface area contributed by atoms with Crippen molar-refractivity contribution in [1.82, 2.24) is 0 Å². The average molecular weight is 293 g/mol. The van der Waals surface area contributed by atoms with Crippen molar-refractivity contribution < 1.29 is 28.5 Å². The molecule has 0 aromatic heterocycles. The number of amides is 1. The summed E-state index contributed by atoms with van der Waals surface area (Å²) in [5.74, 6) is -0.759. The average Bonchev–Trinajstić information content (AvgIpc) is 2.54. The molecule has 7 nitrogen and oxygen atoms in total. The molecule has 1 aromatic carbocycles. The molecule has 0 spiro atoms. The molecule has 0 unspecified atom stereocenters. The molecule has 0 fully saturated rings. The normalized spacial score (nSPS) is 13.3. The Kier molecular flexibility index (Phi) is 5.03. The van der Waals surface area contributed by atoms with Crippen LogP contribution in [0.25, 0.3) is 0 Å². The molecule has 1 aliphatic heterocycles. The predicted molar refractivity (Wildman–Crippen MR) is 72.6 cm³/mol. The third-order valence-corrected chi connectivity index (χ3v) is 2.57. The molecule has 2 rings (SSSR count). The maximum atomic E-state index is 11.7. The summed E-state index contributed by atoms with van der Waals surface area (Å²) < 4.78 is 19.9. The topological polar surface area (TPSA) is 83.1 Å². The fourth-order valence-electron chi connectivity index (χ4n) is 1.61.